The fourth-order valence-electron chi connectivity index (χ4n) is 1.95. The van der Waals surface area contributed by atoms with E-state index in [1.807, 2.05) is 0 Å². The van der Waals surface area contributed by atoms with Crippen LogP contribution in [0.4, 0.5) is 5.69 Å². The van der Waals surface area contributed by atoms with Crippen LogP contribution in [0, 0.1) is 16.0 Å². The fourth-order valence-corrected chi connectivity index (χ4v) is 1.95. The van der Waals surface area contributed by atoms with E-state index in [4.69, 9.17) is 10.2 Å². The molecule has 1 heterocycles. The van der Waals surface area contributed by atoms with Crippen LogP contribution in [0.1, 0.15) is 5.56 Å². The molecule has 3 N–H and O–H groups in total. The van der Waals surface area contributed by atoms with Crippen LogP contribution in [-0.2, 0) is 16.0 Å². The van der Waals surface area contributed by atoms with E-state index in [0.29, 0.717) is 16.5 Å². The maximum Gasteiger partial charge on any atom is 0.318 e. The average Bonchev–Trinajstić information content (AvgIpc) is 2.77. The SMILES string of the molecule is O=C(O)C(Cc1c[nH]c2ccc([N+](=O)[O-])cc12)C(=O)O. The Morgan fingerprint density at radius 2 is 1.95 bits per heavy atom. The first kappa shape index (κ1) is 13.5. The molecule has 0 saturated heterocycles. The molecule has 0 bridgehead atoms. The molecule has 1 aromatic heterocycles. The Labute approximate surface area is 111 Å². The van der Waals surface area contributed by atoms with Gasteiger partial charge in [0, 0.05) is 29.2 Å². The summed E-state index contributed by atoms with van der Waals surface area (Å²) in [5.74, 6) is -4.48. The highest BCUT2D eigenvalue weighted by molar-refractivity contribution is 5.94. The summed E-state index contributed by atoms with van der Waals surface area (Å²) in [6.45, 7) is 0. The van der Waals surface area contributed by atoms with Gasteiger partial charge in [-0.25, -0.2) is 0 Å². The molecule has 2 aromatic rings. The van der Waals surface area contributed by atoms with Gasteiger partial charge in [0.15, 0.2) is 5.92 Å². The van der Waals surface area contributed by atoms with Gasteiger partial charge in [0.1, 0.15) is 0 Å². The Hall–Kier alpha value is -2.90. The minimum Gasteiger partial charge on any atom is -0.481 e. The molecule has 20 heavy (non-hydrogen) atoms. The van der Waals surface area contributed by atoms with Gasteiger partial charge in [-0.15, -0.1) is 0 Å². The van der Waals surface area contributed by atoms with Crippen molar-refractivity contribution in [2.75, 3.05) is 0 Å². The first-order valence-corrected chi connectivity index (χ1v) is 5.60. The quantitative estimate of drug-likeness (QED) is 0.430. The molecular weight excluding hydrogens is 268 g/mol. The number of aromatic nitrogens is 1. The topological polar surface area (TPSA) is 134 Å². The van der Waals surface area contributed by atoms with E-state index < -0.39 is 22.8 Å². The lowest BCUT2D eigenvalue weighted by molar-refractivity contribution is -0.384. The number of carbonyl (C=O) groups is 2. The number of nitro benzene ring substituents is 1. The van der Waals surface area contributed by atoms with Gasteiger partial charge in [0.2, 0.25) is 0 Å². The number of H-pyrrole nitrogens is 1. The summed E-state index contributed by atoms with van der Waals surface area (Å²) in [5.41, 5.74) is 0.860. The molecule has 0 aliphatic carbocycles. The number of non-ortho nitro benzene ring substituents is 1. The third-order valence-corrected chi connectivity index (χ3v) is 2.98. The predicted molar refractivity (Wildman–Crippen MR) is 67.4 cm³/mol. The van der Waals surface area contributed by atoms with Crippen LogP contribution in [-0.4, -0.2) is 32.1 Å². The highest BCUT2D eigenvalue weighted by Gasteiger charge is 2.27. The third-order valence-electron chi connectivity index (χ3n) is 2.98. The molecule has 104 valence electrons. The number of hydrogen-bond acceptors (Lipinski definition) is 4. The molecule has 0 saturated carbocycles. The van der Waals surface area contributed by atoms with Crippen LogP contribution >= 0.6 is 0 Å². The van der Waals surface area contributed by atoms with E-state index in [2.05, 4.69) is 4.98 Å². The lowest BCUT2D eigenvalue weighted by atomic mass is 9.99. The van der Waals surface area contributed by atoms with Crippen LogP contribution in [0.2, 0.25) is 0 Å². The molecule has 2 rings (SSSR count). The van der Waals surface area contributed by atoms with Crippen LogP contribution in [0.15, 0.2) is 24.4 Å². The zero-order chi connectivity index (χ0) is 14.9. The largest absolute Gasteiger partial charge is 0.481 e. The Kier molecular flexibility index (Phi) is 3.38. The zero-order valence-electron chi connectivity index (χ0n) is 10.1. The summed E-state index contributed by atoms with van der Waals surface area (Å²) in [4.78, 5) is 34.7. The highest BCUT2D eigenvalue weighted by Crippen LogP contribution is 2.25. The minimum atomic E-state index is -1.59. The Balaban J connectivity index is 2.44. The number of carboxylic acids is 2. The smallest absolute Gasteiger partial charge is 0.318 e. The van der Waals surface area contributed by atoms with Gasteiger partial charge in [-0.1, -0.05) is 0 Å². The average molecular weight is 278 g/mol. The predicted octanol–water partition coefficient (Wildman–Crippen LogP) is 1.40. The number of hydrogen-bond donors (Lipinski definition) is 3. The van der Waals surface area contributed by atoms with Crippen molar-refractivity contribution in [3.05, 3.63) is 40.1 Å². The second-order valence-corrected chi connectivity index (χ2v) is 4.23. The molecule has 0 aliphatic rings. The summed E-state index contributed by atoms with van der Waals surface area (Å²) in [5, 5.41) is 28.9. The summed E-state index contributed by atoms with van der Waals surface area (Å²) in [6.07, 6.45) is 1.22. The first-order valence-electron chi connectivity index (χ1n) is 5.60. The maximum absolute atomic E-state index is 10.9. The molecule has 0 aliphatic heterocycles. The molecule has 0 radical (unpaired) electrons. The lowest BCUT2D eigenvalue weighted by Gasteiger charge is -2.06. The standard InChI is InChI=1S/C12H10N2O6/c15-11(16)9(12(17)18)3-6-5-13-10-2-1-7(14(19)20)4-8(6)10/h1-2,4-5,9,13H,3H2,(H,15,16)(H,17,18). The van der Waals surface area contributed by atoms with E-state index in [1.54, 1.807) is 0 Å². The zero-order valence-corrected chi connectivity index (χ0v) is 10.1. The number of carboxylic acid groups (broad SMARTS) is 2. The summed E-state index contributed by atoms with van der Waals surface area (Å²) >= 11 is 0. The van der Waals surface area contributed by atoms with Crippen LogP contribution < -0.4 is 0 Å². The molecule has 0 amide bonds. The van der Waals surface area contributed by atoms with Crippen molar-refractivity contribution in [2.45, 2.75) is 6.42 Å². The number of rotatable bonds is 5. The molecule has 0 unspecified atom stereocenters. The molecule has 1 aromatic carbocycles. The fraction of sp³-hybridized carbons (Fsp3) is 0.167. The highest BCUT2D eigenvalue weighted by atomic mass is 16.6. The monoisotopic (exact) mass is 278 g/mol. The van der Waals surface area contributed by atoms with Crippen molar-refractivity contribution >= 4 is 28.5 Å². The summed E-state index contributed by atoms with van der Waals surface area (Å²) in [7, 11) is 0. The van der Waals surface area contributed by atoms with Gasteiger partial charge in [-0.2, -0.15) is 0 Å². The number of aromatic amines is 1. The first-order chi connectivity index (χ1) is 9.40. The molecule has 0 atom stereocenters. The number of fused-ring (bicyclic) bond motifs is 1. The Bertz CT molecular complexity index is 691. The van der Waals surface area contributed by atoms with Crippen molar-refractivity contribution in [1.82, 2.24) is 4.98 Å². The van der Waals surface area contributed by atoms with E-state index in [1.165, 1.54) is 24.4 Å². The van der Waals surface area contributed by atoms with Gasteiger partial charge in [-0.05, 0) is 18.1 Å². The van der Waals surface area contributed by atoms with Gasteiger partial charge in [-0.3, -0.25) is 19.7 Å². The van der Waals surface area contributed by atoms with Crippen molar-refractivity contribution in [1.29, 1.82) is 0 Å². The van der Waals surface area contributed by atoms with Gasteiger partial charge >= 0.3 is 11.9 Å². The normalized spacial score (nSPS) is 10.8. The number of nitro groups is 1. The third kappa shape index (κ3) is 2.44. The van der Waals surface area contributed by atoms with Crippen LogP contribution in [0.25, 0.3) is 10.9 Å². The second-order valence-electron chi connectivity index (χ2n) is 4.23. The minimum absolute atomic E-state index is 0.138. The van der Waals surface area contributed by atoms with Crippen molar-refractivity contribution < 1.29 is 24.7 Å². The van der Waals surface area contributed by atoms with Crippen molar-refractivity contribution in [3.63, 3.8) is 0 Å². The second kappa shape index (κ2) is 5.00. The van der Waals surface area contributed by atoms with Crippen molar-refractivity contribution in [2.24, 2.45) is 5.92 Å². The lowest BCUT2D eigenvalue weighted by Crippen LogP contribution is -2.25. The van der Waals surface area contributed by atoms with Gasteiger partial charge in [0.25, 0.3) is 5.69 Å². The summed E-state index contributed by atoms with van der Waals surface area (Å²) < 4.78 is 0. The summed E-state index contributed by atoms with van der Waals surface area (Å²) in [6, 6.07) is 4.10. The van der Waals surface area contributed by atoms with E-state index in [0.717, 1.165) is 0 Å². The molecule has 0 fully saturated rings. The van der Waals surface area contributed by atoms with Gasteiger partial charge < -0.3 is 15.2 Å². The molecule has 8 heteroatoms. The maximum atomic E-state index is 10.9. The number of benzene rings is 1. The van der Waals surface area contributed by atoms with E-state index in [9.17, 15) is 19.7 Å². The van der Waals surface area contributed by atoms with E-state index in [-0.39, 0.29) is 12.1 Å². The molecular formula is C12H10N2O6. The van der Waals surface area contributed by atoms with Gasteiger partial charge in [0.05, 0.1) is 4.92 Å². The van der Waals surface area contributed by atoms with Crippen LogP contribution in [0.5, 0.6) is 0 Å². The molecule has 0 spiro atoms. The van der Waals surface area contributed by atoms with E-state index >= 15 is 0 Å². The number of nitrogens with zero attached hydrogens (tertiary/aromatic N) is 1. The number of nitrogens with one attached hydrogen (secondary N) is 1. The Morgan fingerprint density at radius 1 is 1.30 bits per heavy atom. The molecule has 8 nitrogen and oxygen atoms in total. The Morgan fingerprint density at radius 3 is 2.50 bits per heavy atom. The van der Waals surface area contributed by atoms with Crippen LogP contribution in [0.3, 0.4) is 0 Å². The number of aliphatic carboxylic acids is 2. The van der Waals surface area contributed by atoms with Crippen molar-refractivity contribution in [3.8, 4) is 0 Å².